The molecule has 0 bridgehead atoms. The number of carbonyl (C=O) groups is 2. The van der Waals surface area contributed by atoms with Gasteiger partial charge in [-0.1, -0.05) is 18.2 Å². The Morgan fingerprint density at radius 3 is 2.67 bits per heavy atom. The Bertz CT molecular complexity index is 581. The lowest BCUT2D eigenvalue weighted by Crippen LogP contribution is -2.45. The summed E-state index contributed by atoms with van der Waals surface area (Å²) < 4.78 is 21.5. The first-order chi connectivity index (χ1) is 11.7. The Morgan fingerprint density at radius 1 is 1.17 bits per heavy atom. The van der Waals surface area contributed by atoms with Crippen molar-refractivity contribution < 1.29 is 28.5 Å². The number of rotatable bonds is 5. The molecule has 0 spiro atoms. The van der Waals surface area contributed by atoms with Crippen LogP contribution >= 0.6 is 0 Å². The van der Waals surface area contributed by atoms with Crippen molar-refractivity contribution in [2.45, 2.75) is 24.4 Å². The van der Waals surface area contributed by atoms with Gasteiger partial charge in [-0.3, -0.25) is 10.1 Å². The first-order valence-corrected chi connectivity index (χ1v) is 7.71. The second-order valence-electron chi connectivity index (χ2n) is 5.64. The lowest BCUT2D eigenvalue weighted by Gasteiger charge is -2.18. The fourth-order valence-corrected chi connectivity index (χ4v) is 2.87. The molecule has 4 atom stereocenters. The van der Waals surface area contributed by atoms with Crippen molar-refractivity contribution >= 4 is 17.7 Å². The number of benzene rings is 1. The molecular weight excluding hydrogens is 316 g/mol. The summed E-state index contributed by atoms with van der Waals surface area (Å²) in [5, 5.41) is 5.45. The molecule has 0 aromatic heterocycles. The molecule has 130 valence electrons. The van der Waals surface area contributed by atoms with Gasteiger partial charge in [0.1, 0.15) is 18.8 Å². The Kier molecular flexibility index (Phi) is 5.29. The van der Waals surface area contributed by atoms with E-state index in [0.717, 1.165) is 0 Å². The van der Waals surface area contributed by atoms with Crippen molar-refractivity contribution in [3.8, 4) is 0 Å². The Balaban J connectivity index is 1.51. The number of hydrogen-bond donors (Lipinski definition) is 2. The van der Waals surface area contributed by atoms with Gasteiger partial charge in [-0.2, -0.15) is 0 Å². The van der Waals surface area contributed by atoms with Crippen LogP contribution in [0.2, 0.25) is 0 Å². The van der Waals surface area contributed by atoms with Gasteiger partial charge in [0.2, 0.25) is 5.91 Å². The van der Waals surface area contributed by atoms with Crippen LogP contribution in [0.3, 0.4) is 0 Å². The van der Waals surface area contributed by atoms with Crippen molar-refractivity contribution in [1.82, 2.24) is 5.32 Å². The van der Waals surface area contributed by atoms with Crippen LogP contribution in [0.1, 0.15) is 0 Å². The molecular formula is C16H20N2O6. The summed E-state index contributed by atoms with van der Waals surface area (Å²) in [5.41, 5.74) is 0.648. The number of fused-ring (bicyclic) bond motifs is 1. The van der Waals surface area contributed by atoms with E-state index < -0.39 is 12.2 Å². The van der Waals surface area contributed by atoms with E-state index >= 15 is 0 Å². The van der Waals surface area contributed by atoms with Crippen LogP contribution in [0.5, 0.6) is 0 Å². The highest BCUT2D eigenvalue weighted by molar-refractivity contribution is 5.84. The summed E-state index contributed by atoms with van der Waals surface area (Å²) in [5.74, 6) is -0.235. The van der Waals surface area contributed by atoms with Crippen LogP contribution in [0.15, 0.2) is 30.3 Å². The molecule has 2 fully saturated rings. The summed E-state index contributed by atoms with van der Waals surface area (Å²) >= 11 is 0. The molecule has 2 saturated heterocycles. The molecule has 3 rings (SSSR count). The van der Waals surface area contributed by atoms with Crippen LogP contribution in [-0.2, 0) is 23.7 Å². The van der Waals surface area contributed by atoms with Crippen LogP contribution < -0.4 is 10.6 Å². The second-order valence-corrected chi connectivity index (χ2v) is 5.64. The quantitative estimate of drug-likeness (QED) is 0.815. The van der Waals surface area contributed by atoms with Crippen molar-refractivity contribution in [3.63, 3.8) is 0 Å². The lowest BCUT2D eigenvalue weighted by molar-refractivity contribution is -0.126. The molecule has 1 aromatic carbocycles. The molecule has 24 heavy (non-hydrogen) atoms. The molecule has 2 amide bonds. The second kappa shape index (κ2) is 7.61. The highest BCUT2D eigenvalue weighted by atomic mass is 16.6. The number of methoxy groups -OCH3 is 1. The molecule has 8 nitrogen and oxygen atoms in total. The van der Waals surface area contributed by atoms with E-state index in [1.54, 1.807) is 12.1 Å². The maximum atomic E-state index is 12.0. The molecule has 2 aliphatic rings. The van der Waals surface area contributed by atoms with Gasteiger partial charge >= 0.3 is 6.09 Å². The van der Waals surface area contributed by atoms with E-state index in [1.807, 2.05) is 18.2 Å². The largest absolute Gasteiger partial charge is 0.441 e. The molecule has 0 unspecified atom stereocenters. The monoisotopic (exact) mass is 336 g/mol. The van der Waals surface area contributed by atoms with E-state index in [0.29, 0.717) is 12.3 Å². The predicted molar refractivity (Wildman–Crippen MR) is 83.6 cm³/mol. The Labute approximate surface area is 139 Å². The van der Waals surface area contributed by atoms with Gasteiger partial charge < -0.3 is 24.3 Å². The van der Waals surface area contributed by atoms with Gasteiger partial charge in [-0.25, -0.2) is 4.79 Å². The van der Waals surface area contributed by atoms with Gasteiger partial charge in [0.25, 0.3) is 0 Å². The number of ether oxygens (including phenoxy) is 4. The van der Waals surface area contributed by atoms with E-state index in [2.05, 4.69) is 10.6 Å². The minimum atomic E-state index is -0.564. The van der Waals surface area contributed by atoms with Crippen LogP contribution in [0.25, 0.3) is 0 Å². The summed E-state index contributed by atoms with van der Waals surface area (Å²) in [6.07, 6.45) is -1.80. The van der Waals surface area contributed by atoms with E-state index in [-0.39, 0.29) is 37.4 Å². The smallest absolute Gasteiger partial charge is 0.412 e. The molecule has 2 aliphatic heterocycles. The standard InChI is InChI=1S/C16H20N2O6/c1-21-9-13(19)18-11-7-22-15-12(8-23-14(11)15)24-16(20)17-10-5-3-2-4-6-10/h2-6,11-12,14-15H,7-9H2,1H3,(H,17,20)(H,18,19)/t11-,12-,14-,15+/m1/s1. The topological polar surface area (TPSA) is 95.1 Å². The van der Waals surface area contributed by atoms with Gasteiger partial charge in [-0.05, 0) is 12.1 Å². The molecule has 0 saturated carbocycles. The van der Waals surface area contributed by atoms with Crippen LogP contribution in [-0.4, -0.2) is 63.3 Å². The van der Waals surface area contributed by atoms with Crippen LogP contribution in [0, 0.1) is 0 Å². The van der Waals surface area contributed by atoms with Gasteiger partial charge in [-0.15, -0.1) is 0 Å². The molecule has 0 radical (unpaired) electrons. The summed E-state index contributed by atoms with van der Waals surface area (Å²) in [6.45, 7) is 0.520. The zero-order chi connectivity index (χ0) is 16.9. The maximum absolute atomic E-state index is 12.0. The third-order valence-electron chi connectivity index (χ3n) is 3.91. The van der Waals surface area contributed by atoms with E-state index in [1.165, 1.54) is 7.11 Å². The number of para-hydroxylation sites is 1. The van der Waals surface area contributed by atoms with Gasteiger partial charge in [0.05, 0.1) is 19.3 Å². The Hall–Kier alpha value is -2.16. The SMILES string of the molecule is COCC(=O)N[C@@H]1CO[C@@H]2[C@@H]1OC[C@H]2OC(=O)Nc1ccccc1. The van der Waals surface area contributed by atoms with Crippen LogP contribution in [0.4, 0.5) is 10.5 Å². The number of amides is 2. The third kappa shape index (κ3) is 3.84. The normalized spacial score (nSPS) is 28.2. The summed E-state index contributed by atoms with van der Waals surface area (Å²) in [4.78, 5) is 23.6. The maximum Gasteiger partial charge on any atom is 0.412 e. The first kappa shape index (κ1) is 16.7. The highest BCUT2D eigenvalue weighted by Crippen LogP contribution is 2.29. The van der Waals surface area contributed by atoms with Crippen molar-refractivity contribution in [3.05, 3.63) is 30.3 Å². The zero-order valence-electron chi connectivity index (χ0n) is 13.3. The van der Waals surface area contributed by atoms with Crippen molar-refractivity contribution in [1.29, 1.82) is 0 Å². The average molecular weight is 336 g/mol. The Morgan fingerprint density at radius 2 is 1.92 bits per heavy atom. The minimum Gasteiger partial charge on any atom is -0.441 e. The first-order valence-electron chi connectivity index (χ1n) is 7.71. The van der Waals surface area contributed by atoms with Gasteiger partial charge in [0, 0.05) is 12.8 Å². The molecule has 1 aromatic rings. The lowest BCUT2D eigenvalue weighted by atomic mass is 10.1. The van der Waals surface area contributed by atoms with Gasteiger partial charge in [0.15, 0.2) is 6.10 Å². The number of anilines is 1. The highest BCUT2D eigenvalue weighted by Gasteiger charge is 2.49. The number of hydrogen-bond acceptors (Lipinski definition) is 6. The molecule has 0 aliphatic carbocycles. The average Bonchev–Trinajstić information content (AvgIpc) is 3.13. The number of nitrogens with one attached hydrogen (secondary N) is 2. The fourth-order valence-electron chi connectivity index (χ4n) is 2.87. The van der Waals surface area contributed by atoms with E-state index in [9.17, 15) is 9.59 Å². The predicted octanol–water partition coefficient (Wildman–Crippen LogP) is 0.533. The molecule has 2 N–H and O–H groups in total. The fraction of sp³-hybridized carbons (Fsp3) is 0.500. The third-order valence-corrected chi connectivity index (χ3v) is 3.91. The summed E-state index contributed by atoms with van der Waals surface area (Å²) in [6, 6.07) is 8.75. The van der Waals surface area contributed by atoms with Crippen molar-refractivity contribution in [2.24, 2.45) is 0 Å². The van der Waals surface area contributed by atoms with Crippen molar-refractivity contribution in [2.75, 3.05) is 32.2 Å². The van der Waals surface area contributed by atoms with E-state index in [4.69, 9.17) is 18.9 Å². The number of carbonyl (C=O) groups excluding carboxylic acids is 2. The minimum absolute atomic E-state index is 0.0205. The zero-order valence-corrected chi connectivity index (χ0v) is 13.3. The molecule has 8 heteroatoms. The summed E-state index contributed by atoms with van der Waals surface area (Å²) in [7, 11) is 1.45. The molecule has 2 heterocycles.